The third kappa shape index (κ3) is 3.35. The van der Waals surface area contributed by atoms with E-state index in [-0.39, 0.29) is 11.5 Å². The Labute approximate surface area is 145 Å². The Morgan fingerprint density at radius 2 is 2.08 bits per heavy atom. The Balaban J connectivity index is 2.03. The van der Waals surface area contributed by atoms with Gasteiger partial charge in [0.2, 0.25) is 0 Å². The maximum atomic E-state index is 13.6. The molecule has 5 nitrogen and oxygen atoms in total. The molecule has 2 aromatic rings. The van der Waals surface area contributed by atoms with Crippen LogP contribution in [0.1, 0.15) is 60.3 Å². The van der Waals surface area contributed by atoms with Gasteiger partial charge >= 0.3 is 0 Å². The number of aliphatic hydroxyl groups excluding tert-OH is 1. The summed E-state index contributed by atoms with van der Waals surface area (Å²) in [5.41, 5.74) is 1.18. The van der Waals surface area contributed by atoms with E-state index in [1.807, 2.05) is 13.8 Å². The highest BCUT2D eigenvalue weighted by Crippen LogP contribution is 2.34. The number of pyridine rings is 1. The van der Waals surface area contributed by atoms with Crippen LogP contribution < -0.4 is 10.5 Å². The lowest BCUT2D eigenvalue weighted by Crippen LogP contribution is -2.35. The fraction of sp³-hybridized carbons (Fsp3) is 0.368. The van der Waals surface area contributed by atoms with Crippen LogP contribution in [0.15, 0.2) is 35.1 Å². The fourth-order valence-electron chi connectivity index (χ4n) is 3.11. The molecule has 132 valence electrons. The molecule has 3 rings (SSSR count). The maximum Gasteiger partial charge on any atom is 0.263 e. The molecule has 2 heterocycles. The molecule has 1 aromatic carbocycles. The second kappa shape index (κ2) is 6.80. The van der Waals surface area contributed by atoms with Crippen LogP contribution in [0.3, 0.4) is 0 Å². The van der Waals surface area contributed by atoms with Crippen molar-refractivity contribution in [3.8, 4) is 0 Å². The zero-order valence-corrected chi connectivity index (χ0v) is 14.3. The number of fused-ring (bicyclic) bond motifs is 1. The van der Waals surface area contributed by atoms with Crippen LogP contribution in [0.5, 0.6) is 0 Å². The molecule has 0 saturated heterocycles. The smallest absolute Gasteiger partial charge is 0.263 e. The predicted octanol–water partition coefficient (Wildman–Crippen LogP) is 3.11. The highest BCUT2D eigenvalue weighted by Gasteiger charge is 2.28. The van der Waals surface area contributed by atoms with Crippen molar-refractivity contribution in [2.45, 2.75) is 38.7 Å². The first-order valence-electron chi connectivity index (χ1n) is 8.41. The fourth-order valence-corrected chi connectivity index (χ4v) is 3.11. The minimum absolute atomic E-state index is 0.0380. The summed E-state index contributed by atoms with van der Waals surface area (Å²) >= 11 is 0. The van der Waals surface area contributed by atoms with E-state index in [1.54, 1.807) is 6.07 Å². The number of amides is 1. The zero-order chi connectivity index (χ0) is 18.1. The highest BCUT2D eigenvalue weighted by molar-refractivity contribution is 6.06. The second-order valence-electron chi connectivity index (χ2n) is 6.63. The van der Waals surface area contributed by atoms with Gasteiger partial charge in [-0.05, 0) is 49.1 Å². The minimum Gasteiger partial charge on any atom is -0.388 e. The standard InChI is InChI=1S/C19H21FN2O3/c1-11(2)15-7-6-13(18(24)21-15)19(25)22-9-3-4-17(23)14-10-12(20)5-8-16(14)22/h5-8,10-11,17,23H,3-4,9H2,1-2H3,(H,21,24). The van der Waals surface area contributed by atoms with E-state index in [9.17, 15) is 19.1 Å². The zero-order valence-electron chi connectivity index (χ0n) is 14.3. The van der Waals surface area contributed by atoms with E-state index in [0.29, 0.717) is 30.6 Å². The largest absolute Gasteiger partial charge is 0.388 e. The molecule has 0 spiro atoms. The van der Waals surface area contributed by atoms with Crippen molar-refractivity contribution >= 4 is 11.6 Å². The summed E-state index contributed by atoms with van der Waals surface area (Å²) in [4.78, 5) is 29.5. The molecule has 25 heavy (non-hydrogen) atoms. The topological polar surface area (TPSA) is 73.4 Å². The summed E-state index contributed by atoms with van der Waals surface area (Å²) < 4.78 is 13.6. The van der Waals surface area contributed by atoms with Gasteiger partial charge in [-0.15, -0.1) is 0 Å². The lowest BCUT2D eigenvalue weighted by atomic mass is 10.0. The number of nitrogens with zero attached hydrogens (tertiary/aromatic N) is 1. The molecule has 0 radical (unpaired) electrons. The third-order valence-electron chi connectivity index (χ3n) is 4.53. The summed E-state index contributed by atoms with van der Waals surface area (Å²) in [5, 5.41) is 10.2. The number of nitrogens with one attached hydrogen (secondary N) is 1. The monoisotopic (exact) mass is 344 g/mol. The van der Waals surface area contributed by atoms with Crippen LogP contribution in [0.4, 0.5) is 10.1 Å². The Morgan fingerprint density at radius 1 is 1.32 bits per heavy atom. The lowest BCUT2D eigenvalue weighted by Gasteiger charge is -2.23. The van der Waals surface area contributed by atoms with Gasteiger partial charge in [0.1, 0.15) is 11.4 Å². The van der Waals surface area contributed by atoms with Gasteiger partial charge < -0.3 is 15.0 Å². The first kappa shape index (κ1) is 17.4. The molecule has 0 fully saturated rings. The Morgan fingerprint density at radius 3 is 2.76 bits per heavy atom. The molecule has 0 aliphatic carbocycles. The number of rotatable bonds is 2. The van der Waals surface area contributed by atoms with Crippen molar-refractivity contribution in [3.63, 3.8) is 0 Å². The van der Waals surface area contributed by atoms with Crippen LogP contribution in [0.2, 0.25) is 0 Å². The number of carbonyl (C=O) groups excluding carboxylic acids is 1. The molecule has 2 N–H and O–H groups in total. The van der Waals surface area contributed by atoms with E-state index < -0.39 is 23.4 Å². The van der Waals surface area contributed by atoms with Gasteiger partial charge in [-0.3, -0.25) is 9.59 Å². The van der Waals surface area contributed by atoms with E-state index in [4.69, 9.17) is 0 Å². The van der Waals surface area contributed by atoms with Crippen LogP contribution >= 0.6 is 0 Å². The van der Waals surface area contributed by atoms with Crippen molar-refractivity contribution in [1.29, 1.82) is 0 Å². The van der Waals surface area contributed by atoms with Crippen molar-refractivity contribution in [1.82, 2.24) is 4.98 Å². The molecule has 1 amide bonds. The number of carbonyl (C=O) groups is 1. The first-order chi connectivity index (χ1) is 11.9. The average molecular weight is 344 g/mol. The molecule has 1 unspecified atom stereocenters. The maximum absolute atomic E-state index is 13.6. The lowest BCUT2D eigenvalue weighted by molar-refractivity contribution is 0.0985. The summed E-state index contributed by atoms with van der Waals surface area (Å²) in [6.07, 6.45) is 0.166. The van der Waals surface area contributed by atoms with Crippen molar-refractivity contribution < 1.29 is 14.3 Å². The van der Waals surface area contributed by atoms with Crippen molar-refractivity contribution in [2.75, 3.05) is 11.4 Å². The Hall–Kier alpha value is -2.47. The van der Waals surface area contributed by atoms with Gasteiger partial charge in [-0.2, -0.15) is 0 Å². The van der Waals surface area contributed by atoms with Gasteiger partial charge in [0.25, 0.3) is 11.5 Å². The predicted molar refractivity (Wildman–Crippen MR) is 93.4 cm³/mol. The Bertz CT molecular complexity index is 860. The van der Waals surface area contributed by atoms with Gasteiger partial charge in [0, 0.05) is 23.5 Å². The summed E-state index contributed by atoms with van der Waals surface area (Å²) in [7, 11) is 0. The molecular formula is C19H21FN2O3. The molecular weight excluding hydrogens is 323 g/mol. The number of aromatic nitrogens is 1. The van der Waals surface area contributed by atoms with Gasteiger partial charge in [0.05, 0.1) is 6.10 Å². The van der Waals surface area contributed by atoms with Crippen LogP contribution in [-0.4, -0.2) is 22.5 Å². The average Bonchev–Trinajstić information content (AvgIpc) is 2.73. The summed E-state index contributed by atoms with van der Waals surface area (Å²) in [5.74, 6) is -0.765. The molecule has 1 aliphatic heterocycles. The number of aliphatic hydroxyl groups is 1. The normalized spacial score (nSPS) is 17.3. The summed E-state index contributed by atoms with van der Waals surface area (Å²) in [6.45, 7) is 4.27. The van der Waals surface area contributed by atoms with E-state index in [2.05, 4.69) is 4.98 Å². The quantitative estimate of drug-likeness (QED) is 0.879. The molecule has 1 atom stereocenters. The number of hydrogen-bond donors (Lipinski definition) is 2. The van der Waals surface area contributed by atoms with E-state index >= 15 is 0 Å². The van der Waals surface area contributed by atoms with E-state index in [0.717, 1.165) is 5.69 Å². The number of anilines is 1. The van der Waals surface area contributed by atoms with Crippen molar-refractivity contribution in [3.05, 3.63) is 63.3 Å². The van der Waals surface area contributed by atoms with Crippen LogP contribution in [-0.2, 0) is 0 Å². The summed E-state index contributed by atoms with van der Waals surface area (Å²) in [6, 6.07) is 7.24. The van der Waals surface area contributed by atoms with Crippen molar-refractivity contribution in [2.24, 2.45) is 0 Å². The minimum atomic E-state index is -0.829. The first-order valence-corrected chi connectivity index (χ1v) is 8.41. The SMILES string of the molecule is CC(C)c1ccc(C(=O)N2CCCC(O)c3cc(F)ccc32)c(=O)[nH]1. The number of hydrogen-bond acceptors (Lipinski definition) is 3. The van der Waals surface area contributed by atoms with Gasteiger partial charge in [-0.1, -0.05) is 13.8 Å². The molecule has 0 bridgehead atoms. The molecule has 1 aliphatic rings. The number of benzene rings is 1. The van der Waals surface area contributed by atoms with E-state index in [1.165, 1.54) is 29.2 Å². The second-order valence-corrected chi connectivity index (χ2v) is 6.63. The number of aromatic amines is 1. The van der Waals surface area contributed by atoms with Crippen LogP contribution in [0, 0.1) is 5.82 Å². The molecule has 0 saturated carbocycles. The molecule has 6 heteroatoms. The highest BCUT2D eigenvalue weighted by atomic mass is 19.1. The number of H-pyrrole nitrogens is 1. The van der Waals surface area contributed by atoms with Gasteiger partial charge in [0.15, 0.2) is 0 Å². The van der Waals surface area contributed by atoms with Crippen LogP contribution in [0.25, 0.3) is 0 Å². The Kier molecular flexibility index (Phi) is 4.72. The van der Waals surface area contributed by atoms with Gasteiger partial charge in [-0.25, -0.2) is 4.39 Å². The number of halogens is 1. The molecule has 1 aromatic heterocycles. The third-order valence-corrected chi connectivity index (χ3v) is 4.53.